The minimum atomic E-state index is -0.543. The van der Waals surface area contributed by atoms with Gasteiger partial charge in [-0.1, -0.05) is 206 Å². The number of hydrogen-bond acceptors (Lipinski definition) is 4. The Morgan fingerprint density at radius 3 is 0.889 bits per heavy atom. The van der Waals surface area contributed by atoms with Crippen LogP contribution in [0, 0.1) is 13.8 Å². The number of hydrogen-bond donors (Lipinski definition) is 0. The molecule has 0 saturated carbocycles. The van der Waals surface area contributed by atoms with E-state index >= 15 is 0 Å². The number of benzene rings is 14. The molecule has 14 aromatic carbocycles. The van der Waals surface area contributed by atoms with Crippen molar-refractivity contribution in [1.29, 1.82) is 0 Å². The van der Waals surface area contributed by atoms with Crippen LogP contribution in [0.3, 0.4) is 0 Å². The predicted molar refractivity (Wildman–Crippen MR) is 372 cm³/mol. The van der Waals surface area contributed by atoms with Gasteiger partial charge in [-0.3, -0.25) is 0 Å². The van der Waals surface area contributed by atoms with Crippen molar-refractivity contribution in [2.75, 3.05) is 9.80 Å². The van der Waals surface area contributed by atoms with Crippen LogP contribution < -0.4 is 9.80 Å². The van der Waals surface area contributed by atoms with Crippen LogP contribution in [-0.2, 0) is 10.8 Å². The fraction of sp³-hybridized carbons (Fsp3) is 0.0465. The average Bonchev–Trinajstić information content (AvgIpc) is 1.62. The van der Waals surface area contributed by atoms with E-state index in [-0.39, 0.29) is 0 Å². The lowest BCUT2D eigenvalue weighted by atomic mass is 9.67. The van der Waals surface area contributed by atoms with Gasteiger partial charge in [0.1, 0.15) is 22.3 Å². The molecule has 0 unspecified atom stereocenters. The van der Waals surface area contributed by atoms with E-state index in [4.69, 9.17) is 8.83 Å². The van der Waals surface area contributed by atoms with Gasteiger partial charge in [0.25, 0.3) is 0 Å². The molecule has 2 heterocycles. The SMILES string of the molecule is Cc1cccc(N(c2cccc(C3(c4ccccc4)c4ccccc4-c4ccccc43)c2)c2ccc3c(c2)oc2c3ccc3c2ccc2c4ccc(N(c5cccc(C)c5)c5cccc(C6(c7ccccc7)c7ccccc7-c7ccccc76)c5)cc4oc23)c1. The number of anilines is 6. The maximum Gasteiger partial charge on any atom is 0.143 e. The summed E-state index contributed by atoms with van der Waals surface area (Å²) in [5, 5.41) is 6.24. The zero-order chi connectivity index (χ0) is 59.7. The summed E-state index contributed by atoms with van der Waals surface area (Å²) in [7, 11) is 0. The molecule has 0 atom stereocenters. The minimum Gasteiger partial charge on any atom is -0.455 e. The molecular formula is C86H58N2O2. The Bertz CT molecular complexity index is 5120. The van der Waals surface area contributed by atoms with Crippen LogP contribution >= 0.6 is 0 Å². The molecule has 4 heteroatoms. The lowest BCUT2D eigenvalue weighted by Crippen LogP contribution is -2.28. The van der Waals surface area contributed by atoms with Gasteiger partial charge in [0.2, 0.25) is 0 Å². The van der Waals surface area contributed by atoms with E-state index in [1.54, 1.807) is 0 Å². The van der Waals surface area contributed by atoms with Gasteiger partial charge in [0.05, 0.1) is 10.8 Å². The number of fused-ring (bicyclic) bond motifs is 15. The van der Waals surface area contributed by atoms with Crippen LogP contribution in [0.4, 0.5) is 34.1 Å². The first-order valence-electron chi connectivity index (χ1n) is 31.1. The first-order chi connectivity index (χ1) is 44.4. The van der Waals surface area contributed by atoms with Gasteiger partial charge >= 0.3 is 0 Å². The summed E-state index contributed by atoms with van der Waals surface area (Å²) in [4.78, 5) is 4.76. The molecule has 0 amide bonds. The van der Waals surface area contributed by atoms with Gasteiger partial charge in [-0.2, -0.15) is 0 Å². The van der Waals surface area contributed by atoms with E-state index in [9.17, 15) is 0 Å². The van der Waals surface area contributed by atoms with E-state index < -0.39 is 10.8 Å². The van der Waals surface area contributed by atoms with Crippen LogP contribution in [-0.4, -0.2) is 0 Å². The topological polar surface area (TPSA) is 32.8 Å². The number of furan rings is 2. The lowest BCUT2D eigenvalue weighted by molar-refractivity contribution is 0.669. The molecule has 0 spiro atoms. The molecular weight excluding hydrogens is 1090 g/mol. The molecule has 2 aliphatic carbocycles. The molecule has 4 nitrogen and oxygen atoms in total. The highest BCUT2D eigenvalue weighted by atomic mass is 16.3. The van der Waals surface area contributed by atoms with Gasteiger partial charge < -0.3 is 18.6 Å². The van der Waals surface area contributed by atoms with E-state index in [0.717, 1.165) is 88.8 Å². The standard InChI is InChI=1S/C86H58N2O2/c1-55-21-17-29-61(49-55)87(63-31-19-27-59(51-63)85(57-23-5-3-6-24-57)77-37-13-9-33-67(77)68-34-10-14-38-78(68)85)65-41-43-71-73-45-47-76-75(83(73)89-81(71)53-65)48-46-74-72-44-42-66(54-82(72)90-84(74)76)88(62-30-18-22-56(2)50-62)64-32-20-28-60(52-64)86(58-25-7-4-8-26-58)79-39-15-11-35-69(79)70-36-12-16-40-80(70)86/h3-54H,1-2H3. The van der Waals surface area contributed by atoms with Gasteiger partial charge in [-0.15, -0.1) is 0 Å². The Balaban J connectivity index is 0.756. The monoisotopic (exact) mass is 1150 g/mol. The van der Waals surface area contributed by atoms with Crippen molar-refractivity contribution >= 4 is 88.8 Å². The summed E-state index contributed by atoms with van der Waals surface area (Å²) in [6.07, 6.45) is 0. The Morgan fingerprint density at radius 2 is 0.522 bits per heavy atom. The first-order valence-corrected chi connectivity index (χ1v) is 31.1. The van der Waals surface area contributed by atoms with Crippen LogP contribution in [0.25, 0.3) is 76.9 Å². The largest absolute Gasteiger partial charge is 0.455 e. The summed E-state index contributed by atoms with van der Waals surface area (Å²) in [6.45, 7) is 4.33. The Labute approximate surface area is 522 Å². The maximum atomic E-state index is 7.14. The fourth-order valence-electron chi connectivity index (χ4n) is 15.7. The second kappa shape index (κ2) is 20.0. The molecule has 16 aromatic rings. The van der Waals surface area contributed by atoms with Gasteiger partial charge in [-0.05, 0) is 189 Å². The van der Waals surface area contributed by atoms with Crippen molar-refractivity contribution in [2.45, 2.75) is 24.7 Å². The van der Waals surface area contributed by atoms with Crippen LogP contribution in [0.15, 0.2) is 324 Å². The number of aryl methyl sites for hydroxylation is 2. The summed E-state index contributed by atoms with van der Waals surface area (Å²) < 4.78 is 14.3. The Kier molecular flexibility index (Phi) is 11.5. The van der Waals surface area contributed by atoms with Gasteiger partial charge in [0.15, 0.2) is 0 Å². The highest BCUT2D eigenvalue weighted by Crippen LogP contribution is 2.59. The van der Waals surface area contributed by atoms with E-state index in [1.807, 2.05) is 0 Å². The molecule has 18 rings (SSSR count). The Morgan fingerprint density at radius 1 is 0.233 bits per heavy atom. The second-order valence-corrected chi connectivity index (χ2v) is 24.4. The van der Waals surface area contributed by atoms with Crippen molar-refractivity contribution in [3.63, 3.8) is 0 Å². The second-order valence-electron chi connectivity index (χ2n) is 24.4. The summed E-state index contributed by atoms with van der Waals surface area (Å²) in [5.41, 5.74) is 25.9. The van der Waals surface area contributed by atoms with E-state index in [1.165, 1.54) is 77.9 Å². The average molecular weight is 1150 g/mol. The molecule has 2 aromatic heterocycles. The molecule has 0 saturated heterocycles. The third-order valence-corrected chi connectivity index (χ3v) is 19.5. The molecule has 0 radical (unpaired) electrons. The van der Waals surface area contributed by atoms with Gasteiger partial charge in [-0.25, -0.2) is 0 Å². The third kappa shape index (κ3) is 7.55. The summed E-state index contributed by atoms with van der Waals surface area (Å²) in [5.74, 6) is 0. The zero-order valence-electron chi connectivity index (χ0n) is 49.7. The molecule has 0 fully saturated rings. The fourth-order valence-corrected chi connectivity index (χ4v) is 15.7. The third-order valence-electron chi connectivity index (χ3n) is 19.5. The predicted octanol–water partition coefficient (Wildman–Crippen LogP) is 22.9. The van der Waals surface area contributed by atoms with Crippen molar-refractivity contribution in [3.05, 3.63) is 371 Å². The molecule has 2 aliphatic rings. The van der Waals surface area contributed by atoms with Gasteiger partial charge in [0, 0.05) is 78.6 Å². The maximum absolute atomic E-state index is 7.14. The lowest BCUT2D eigenvalue weighted by Gasteiger charge is -2.35. The van der Waals surface area contributed by atoms with Crippen molar-refractivity contribution in [2.24, 2.45) is 0 Å². The first kappa shape index (κ1) is 51.7. The zero-order valence-corrected chi connectivity index (χ0v) is 49.7. The van der Waals surface area contributed by atoms with Crippen molar-refractivity contribution < 1.29 is 8.83 Å². The smallest absolute Gasteiger partial charge is 0.143 e. The highest BCUT2D eigenvalue weighted by molar-refractivity contribution is 6.23. The number of nitrogens with zero attached hydrogens (tertiary/aromatic N) is 2. The summed E-state index contributed by atoms with van der Waals surface area (Å²) in [6, 6.07) is 116. The van der Waals surface area contributed by atoms with Crippen LogP contribution in [0.1, 0.15) is 55.6 Å². The van der Waals surface area contributed by atoms with E-state index in [2.05, 4.69) is 339 Å². The van der Waals surface area contributed by atoms with Crippen molar-refractivity contribution in [3.8, 4) is 22.3 Å². The van der Waals surface area contributed by atoms with Crippen molar-refractivity contribution in [1.82, 2.24) is 0 Å². The molecule has 0 aliphatic heterocycles. The number of rotatable bonds is 10. The highest BCUT2D eigenvalue weighted by Gasteiger charge is 2.47. The quantitative estimate of drug-likeness (QED) is 0.137. The Hall–Kier alpha value is -11.5. The van der Waals surface area contributed by atoms with Crippen LogP contribution in [0.2, 0.25) is 0 Å². The molecule has 424 valence electrons. The van der Waals surface area contributed by atoms with Crippen LogP contribution in [0.5, 0.6) is 0 Å². The van der Waals surface area contributed by atoms with E-state index in [0.29, 0.717) is 0 Å². The normalized spacial score (nSPS) is 13.4. The summed E-state index contributed by atoms with van der Waals surface area (Å²) >= 11 is 0. The minimum absolute atomic E-state index is 0.543. The molecule has 90 heavy (non-hydrogen) atoms. The molecule has 0 bridgehead atoms. The molecule has 0 N–H and O–H groups in total.